The number of nitrogens with zero attached hydrogens (tertiary/aromatic N) is 2. The zero-order chi connectivity index (χ0) is 25.1. The highest BCUT2D eigenvalue weighted by atomic mass is 14.9. The van der Waals surface area contributed by atoms with Crippen LogP contribution in [0, 0.1) is 0 Å². The van der Waals surface area contributed by atoms with Crippen molar-refractivity contribution in [2.24, 2.45) is 0 Å². The van der Waals surface area contributed by atoms with Gasteiger partial charge in [-0.15, -0.1) is 0 Å². The van der Waals surface area contributed by atoms with E-state index in [0.29, 0.717) is 0 Å². The third-order valence-corrected chi connectivity index (χ3v) is 7.56. The van der Waals surface area contributed by atoms with E-state index in [-0.39, 0.29) is 0 Å². The van der Waals surface area contributed by atoms with Gasteiger partial charge in [0.2, 0.25) is 0 Å². The molecule has 0 aliphatic heterocycles. The Morgan fingerprint density at radius 1 is 0.395 bits per heavy atom. The molecule has 5 aromatic carbocycles. The molecule has 0 atom stereocenters. The molecule has 0 saturated heterocycles. The lowest BCUT2D eigenvalue weighted by Crippen LogP contribution is -1.91. The van der Waals surface area contributed by atoms with Crippen LogP contribution in [0.3, 0.4) is 0 Å². The standard InChI is InChI=1S/C36H22N2/c1-2-7-25(8-3-1)36-37-33-22-34(38-36)31-14-6-9-24-17-15-23-16-18-30(32(19-23)35(24)31)28-12-4-10-26(20-28)27-11-5-13-29(33)21-27/h1-22H. The average molecular weight is 483 g/mol. The maximum atomic E-state index is 5.16. The van der Waals surface area contributed by atoms with Gasteiger partial charge in [0.1, 0.15) is 0 Å². The van der Waals surface area contributed by atoms with Crippen LogP contribution in [0.1, 0.15) is 0 Å². The molecule has 2 nitrogen and oxygen atoms in total. The minimum atomic E-state index is 0.731. The summed E-state index contributed by atoms with van der Waals surface area (Å²) in [7, 11) is 0. The molecule has 8 rings (SSSR count). The SMILES string of the molecule is c1ccc(-c2nc3cc(n2)c2cccc4ccc5ccc(c(c5)-c42)c2cccc(c2)c2cccc3c2)cc1. The Bertz CT molecular complexity index is 2180. The zero-order valence-corrected chi connectivity index (χ0v) is 20.6. The summed E-state index contributed by atoms with van der Waals surface area (Å²) >= 11 is 0. The molecular formula is C36H22N2. The molecule has 0 N–H and O–H groups in total. The summed E-state index contributed by atoms with van der Waals surface area (Å²) < 4.78 is 0. The van der Waals surface area contributed by atoms with E-state index in [9.17, 15) is 0 Å². The summed E-state index contributed by atoms with van der Waals surface area (Å²) in [6.07, 6.45) is 0. The molecule has 0 fully saturated rings. The highest BCUT2D eigenvalue weighted by molar-refractivity contribution is 6.12. The van der Waals surface area contributed by atoms with Crippen LogP contribution in [0.25, 0.3) is 76.6 Å². The van der Waals surface area contributed by atoms with Crippen LogP contribution in [-0.2, 0) is 0 Å². The maximum absolute atomic E-state index is 5.16. The lowest BCUT2D eigenvalue weighted by Gasteiger charge is -2.10. The summed E-state index contributed by atoms with van der Waals surface area (Å²) in [4.78, 5) is 10.2. The van der Waals surface area contributed by atoms with Crippen LogP contribution in [0.15, 0.2) is 133 Å². The van der Waals surface area contributed by atoms with Gasteiger partial charge in [0.15, 0.2) is 5.82 Å². The van der Waals surface area contributed by atoms with Crippen molar-refractivity contribution in [1.29, 1.82) is 0 Å². The van der Waals surface area contributed by atoms with Crippen molar-refractivity contribution >= 4 is 54.1 Å². The molecule has 0 amide bonds. The first-order valence-electron chi connectivity index (χ1n) is 12.9. The maximum Gasteiger partial charge on any atom is 0.160 e. The molecule has 6 aromatic rings. The molecule has 0 radical (unpaired) electrons. The summed E-state index contributed by atoms with van der Waals surface area (Å²) in [5.74, 6) is 0.731. The van der Waals surface area contributed by atoms with Crippen molar-refractivity contribution < 1.29 is 0 Å². The summed E-state index contributed by atoms with van der Waals surface area (Å²) in [5.41, 5.74) is 5.28. The summed E-state index contributed by atoms with van der Waals surface area (Å²) in [6.45, 7) is 0. The Hall–Kier alpha value is -5.08. The smallest absolute Gasteiger partial charge is 0.160 e. The Morgan fingerprint density at radius 3 is 1.95 bits per heavy atom. The first kappa shape index (κ1) is 21.0. The van der Waals surface area contributed by atoms with Crippen LogP contribution in [-0.4, -0.2) is 9.97 Å². The minimum absolute atomic E-state index is 0.731. The fourth-order valence-electron chi connectivity index (χ4n) is 5.71. The van der Waals surface area contributed by atoms with E-state index in [4.69, 9.17) is 9.97 Å². The van der Waals surface area contributed by atoms with Gasteiger partial charge in [-0.25, -0.2) is 9.97 Å². The number of hydrogen-bond acceptors (Lipinski definition) is 2. The molecule has 2 heteroatoms. The lowest BCUT2D eigenvalue weighted by molar-refractivity contribution is 1.26. The molecule has 0 saturated carbocycles. The fourth-order valence-corrected chi connectivity index (χ4v) is 5.71. The van der Waals surface area contributed by atoms with Crippen LogP contribution in [0.2, 0.25) is 0 Å². The van der Waals surface area contributed by atoms with Gasteiger partial charge in [0.25, 0.3) is 0 Å². The molecule has 38 heavy (non-hydrogen) atoms. The number of benzene rings is 5. The lowest BCUT2D eigenvalue weighted by atomic mass is 9.94. The predicted molar refractivity (Wildman–Crippen MR) is 160 cm³/mol. The molecule has 0 unspecified atom stereocenters. The zero-order valence-electron chi connectivity index (χ0n) is 20.6. The molecule has 2 aliphatic carbocycles. The monoisotopic (exact) mass is 482 g/mol. The normalized spacial score (nSPS) is 11.7. The second kappa shape index (κ2) is 8.22. The number of fused-ring (bicyclic) bond motifs is 11. The second-order valence-electron chi connectivity index (χ2n) is 9.90. The Morgan fingerprint density at radius 2 is 1.08 bits per heavy atom. The van der Waals surface area contributed by atoms with Gasteiger partial charge >= 0.3 is 0 Å². The van der Waals surface area contributed by atoms with Crippen LogP contribution in [0.4, 0.5) is 0 Å². The highest BCUT2D eigenvalue weighted by Gasteiger charge is 2.13. The van der Waals surface area contributed by atoms with Crippen molar-refractivity contribution in [1.82, 2.24) is 9.97 Å². The fraction of sp³-hybridized carbons (Fsp3) is 0. The van der Waals surface area contributed by atoms with Gasteiger partial charge in [-0.2, -0.15) is 0 Å². The Balaban J connectivity index is 1.68. The number of aromatic nitrogens is 2. The quantitative estimate of drug-likeness (QED) is 0.233. The van der Waals surface area contributed by atoms with Crippen molar-refractivity contribution in [2.45, 2.75) is 0 Å². The third-order valence-electron chi connectivity index (χ3n) is 7.56. The van der Waals surface area contributed by atoms with Crippen molar-refractivity contribution in [2.75, 3.05) is 0 Å². The molecule has 1 heterocycles. The predicted octanol–water partition coefficient (Wildman–Crippen LogP) is 9.58. The van der Waals surface area contributed by atoms with Crippen molar-refractivity contribution in [3.63, 3.8) is 0 Å². The van der Waals surface area contributed by atoms with Gasteiger partial charge < -0.3 is 0 Å². The van der Waals surface area contributed by atoms with Gasteiger partial charge in [-0.1, -0.05) is 109 Å². The highest BCUT2D eigenvalue weighted by Crippen LogP contribution is 2.38. The van der Waals surface area contributed by atoms with Crippen LogP contribution >= 0.6 is 0 Å². The van der Waals surface area contributed by atoms with E-state index in [1.54, 1.807) is 0 Å². The van der Waals surface area contributed by atoms with Crippen molar-refractivity contribution in [3.8, 4) is 22.5 Å². The largest absolute Gasteiger partial charge is 0.228 e. The average Bonchev–Trinajstić information content (AvgIpc) is 3.13. The number of hydrogen-bond donors (Lipinski definition) is 0. The van der Waals surface area contributed by atoms with E-state index < -0.39 is 0 Å². The first-order chi connectivity index (χ1) is 18.8. The van der Waals surface area contributed by atoms with Gasteiger partial charge in [-0.3, -0.25) is 0 Å². The van der Waals surface area contributed by atoms with Crippen molar-refractivity contribution in [3.05, 3.63) is 133 Å². The third kappa shape index (κ3) is 3.35. The van der Waals surface area contributed by atoms with E-state index in [1.165, 1.54) is 43.4 Å². The topological polar surface area (TPSA) is 25.8 Å². The molecular weight excluding hydrogens is 460 g/mol. The van der Waals surface area contributed by atoms with E-state index >= 15 is 0 Å². The Labute approximate surface area is 219 Å². The van der Waals surface area contributed by atoms with Crippen LogP contribution < -0.4 is 0 Å². The van der Waals surface area contributed by atoms with Gasteiger partial charge in [0.05, 0.1) is 11.0 Å². The first-order valence-corrected chi connectivity index (χ1v) is 12.9. The molecule has 2 aliphatic rings. The summed E-state index contributed by atoms with van der Waals surface area (Å²) in [5, 5.41) is 9.38. The molecule has 1 aromatic heterocycles. The van der Waals surface area contributed by atoms with Gasteiger partial charge in [0, 0.05) is 16.3 Å². The summed E-state index contributed by atoms with van der Waals surface area (Å²) in [6, 6.07) is 47.7. The van der Waals surface area contributed by atoms with E-state index in [1.807, 2.05) is 18.2 Å². The molecule has 176 valence electrons. The van der Waals surface area contributed by atoms with E-state index in [2.05, 4.69) is 115 Å². The Kier molecular flexibility index (Phi) is 4.55. The van der Waals surface area contributed by atoms with Crippen LogP contribution in [0.5, 0.6) is 0 Å². The van der Waals surface area contributed by atoms with E-state index in [0.717, 1.165) is 33.2 Å². The molecule has 8 bridgehead atoms. The second-order valence-corrected chi connectivity index (χ2v) is 9.90. The molecule has 0 spiro atoms. The minimum Gasteiger partial charge on any atom is -0.228 e. The number of rotatable bonds is 1. The van der Waals surface area contributed by atoms with Gasteiger partial charge in [-0.05, 0) is 67.7 Å².